The van der Waals surface area contributed by atoms with Crippen LogP contribution in [0.1, 0.15) is 16.1 Å². The Morgan fingerprint density at radius 2 is 2.39 bits per heavy atom. The number of nitrogen functional groups attached to an aromatic ring is 1. The van der Waals surface area contributed by atoms with Crippen molar-refractivity contribution in [2.24, 2.45) is 0 Å². The zero-order valence-electron chi connectivity index (χ0n) is 9.59. The summed E-state index contributed by atoms with van der Waals surface area (Å²) in [5, 5.41) is 11.9. The third-order valence-electron chi connectivity index (χ3n) is 2.42. The van der Waals surface area contributed by atoms with Gasteiger partial charge in [-0.1, -0.05) is 0 Å². The largest absolute Gasteiger partial charge is 0.478 e. The Morgan fingerprint density at radius 1 is 1.56 bits per heavy atom. The van der Waals surface area contributed by atoms with Crippen molar-refractivity contribution in [1.29, 1.82) is 0 Å². The highest BCUT2D eigenvalue weighted by Crippen LogP contribution is 2.14. The molecule has 18 heavy (non-hydrogen) atoms. The lowest BCUT2D eigenvalue weighted by molar-refractivity contribution is 0.0698. The zero-order valence-corrected chi connectivity index (χ0v) is 9.59. The number of nitrogens with two attached hydrogens (primary N) is 1. The van der Waals surface area contributed by atoms with Gasteiger partial charge < -0.3 is 20.6 Å². The number of hydrogen-bond acceptors (Lipinski definition) is 5. The van der Waals surface area contributed by atoms with Crippen LogP contribution in [0, 0.1) is 0 Å². The van der Waals surface area contributed by atoms with Crippen molar-refractivity contribution in [3.8, 4) is 0 Å². The number of carbonyl (C=O) groups is 1. The van der Waals surface area contributed by atoms with E-state index < -0.39 is 5.97 Å². The van der Waals surface area contributed by atoms with Crippen molar-refractivity contribution in [3.05, 3.63) is 42.0 Å². The van der Waals surface area contributed by atoms with Crippen LogP contribution in [-0.2, 0) is 6.42 Å². The predicted molar refractivity (Wildman–Crippen MR) is 66.5 cm³/mol. The van der Waals surface area contributed by atoms with Gasteiger partial charge in [0.2, 0.25) is 0 Å². The minimum absolute atomic E-state index is 0.0468. The lowest BCUT2D eigenvalue weighted by atomic mass is 10.2. The van der Waals surface area contributed by atoms with E-state index in [1.165, 1.54) is 12.3 Å². The number of aromatic nitrogens is 1. The van der Waals surface area contributed by atoms with E-state index in [-0.39, 0.29) is 11.3 Å². The molecule has 0 saturated heterocycles. The molecule has 6 nitrogen and oxygen atoms in total. The lowest BCUT2D eigenvalue weighted by Crippen LogP contribution is -2.09. The molecular weight excluding hydrogens is 234 g/mol. The van der Waals surface area contributed by atoms with Crippen LogP contribution < -0.4 is 11.1 Å². The minimum Gasteiger partial charge on any atom is -0.478 e. The Bertz CT molecular complexity index is 538. The molecule has 0 amide bonds. The van der Waals surface area contributed by atoms with Gasteiger partial charge in [-0.3, -0.25) is 0 Å². The third kappa shape index (κ3) is 2.79. The number of furan rings is 1. The number of hydrogen-bond donors (Lipinski definition) is 3. The first-order chi connectivity index (χ1) is 8.66. The molecule has 0 bridgehead atoms. The summed E-state index contributed by atoms with van der Waals surface area (Å²) in [6.07, 6.45) is 3.64. The predicted octanol–water partition coefficient (Wildman–Crippen LogP) is 1.61. The molecule has 0 aromatic carbocycles. The molecule has 0 atom stereocenters. The van der Waals surface area contributed by atoms with Crippen molar-refractivity contribution in [2.75, 3.05) is 17.6 Å². The Kier molecular flexibility index (Phi) is 3.47. The van der Waals surface area contributed by atoms with E-state index >= 15 is 0 Å². The zero-order chi connectivity index (χ0) is 13.0. The number of rotatable bonds is 5. The Labute approximate surface area is 103 Å². The first-order valence-corrected chi connectivity index (χ1v) is 5.42. The van der Waals surface area contributed by atoms with E-state index in [0.717, 1.165) is 5.76 Å². The number of anilines is 2. The van der Waals surface area contributed by atoms with Crippen molar-refractivity contribution in [2.45, 2.75) is 6.42 Å². The van der Waals surface area contributed by atoms with Crippen LogP contribution in [0.2, 0.25) is 0 Å². The fourth-order valence-electron chi connectivity index (χ4n) is 1.52. The van der Waals surface area contributed by atoms with Crippen LogP contribution in [0.3, 0.4) is 0 Å². The molecule has 2 aromatic rings. The van der Waals surface area contributed by atoms with Gasteiger partial charge in [-0.05, 0) is 18.2 Å². The van der Waals surface area contributed by atoms with E-state index in [1.807, 2.05) is 12.1 Å². The molecule has 0 aliphatic heterocycles. The molecule has 2 heterocycles. The maximum Gasteiger partial charge on any atom is 0.337 e. The molecule has 0 spiro atoms. The SMILES string of the molecule is Nc1cnc(NCCc2ccco2)cc1C(=O)O. The summed E-state index contributed by atoms with van der Waals surface area (Å²) in [7, 11) is 0. The van der Waals surface area contributed by atoms with Crippen LogP contribution in [0.4, 0.5) is 11.5 Å². The molecule has 0 radical (unpaired) electrons. The Hall–Kier alpha value is -2.50. The first kappa shape index (κ1) is 12.0. The minimum atomic E-state index is -1.07. The van der Waals surface area contributed by atoms with Gasteiger partial charge in [0.25, 0.3) is 0 Å². The molecule has 2 aromatic heterocycles. The molecule has 4 N–H and O–H groups in total. The van der Waals surface area contributed by atoms with Crippen molar-refractivity contribution >= 4 is 17.5 Å². The summed E-state index contributed by atoms with van der Waals surface area (Å²) in [5.41, 5.74) is 5.71. The molecule has 94 valence electrons. The second-order valence-electron chi connectivity index (χ2n) is 3.72. The summed E-state index contributed by atoms with van der Waals surface area (Å²) in [5.74, 6) is 0.272. The molecule has 0 aliphatic rings. The van der Waals surface area contributed by atoms with E-state index in [4.69, 9.17) is 15.3 Å². The number of carboxylic acids is 1. The number of carboxylic acid groups (broad SMARTS) is 1. The monoisotopic (exact) mass is 247 g/mol. The quantitative estimate of drug-likeness (QED) is 0.742. The number of aromatic carboxylic acids is 1. The standard InChI is InChI=1S/C12H13N3O3/c13-10-7-15-11(6-9(10)12(16)17)14-4-3-8-2-1-5-18-8/h1-2,5-7H,3-4,13H2,(H,14,15)(H,16,17). The van der Waals surface area contributed by atoms with Gasteiger partial charge in [0, 0.05) is 13.0 Å². The van der Waals surface area contributed by atoms with E-state index in [2.05, 4.69) is 10.3 Å². The van der Waals surface area contributed by atoms with E-state index in [1.54, 1.807) is 6.26 Å². The second-order valence-corrected chi connectivity index (χ2v) is 3.72. The van der Waals surface area contributed by atoms with Gasteiger partial charge in [-0.25, -0.2) is 9.78 Å². The van der Waals surface area contributed by atoms with Gasteiger partial charge in [-0.15, -0.1) is 0 Å². The number of nitrogens with zero attached hydrogens (tertiary/aromatic N) is 1. The summed E-state index contributed by atoms with van der Waals surface area (Å²) in [6.45, 7) is 0.601. The van der Waals surface area contributed by atoms with E-state index in [0.29, 0.717) is 18.8 Å². The maximum absolute atomic E-state index is 10.9. The van der Waals surface area contributed by atoms with Gasteiger partial charge in [0.05, 0.1) is 23.7 Å². The number of pyridine rings is 1. The average Bonchev–Trinajstić information content (AvgIpc) is 2.84. The average molecular weight is 247 g/mol. The lowest BCUT2D eigenvalue weighted by Gasteiger charge is -2.06. The highest BCUT2D eigenvalue weighted by molar-refractivity contribution is 5.94. The smallest absolute Gasteiger partial charge is 0.337 e. The molecule has 2 rings (SSSR count). The van der Waals surface area contributed by atoms with Crippen LogP contribution in [0.15, 0.2) is 35.1 Å². The molecule has 0 saturated carbocycles. The third-order valence-corrected chi connectivity index (χ3v) is 2.42. The summed E-state index contributed by atoms with van der Waals surface area (Å²) in [6, 6.07) is 5.11. The maximum atomic E-state index is 10.9. The summed E-state index contributed by atoms with van der Waals surface area (Å²) < 4.78 is 5.18. The van der Waals surface area contributed by atoms with Crippen molar-refractivity contribution in [3.63, 3.8) is 0 Å². The normalized spacial score (nSPS) is 10.2. The highest BCUT2D eigenvalue weighted by Gasteiger charge is 2.09. The van der Waals surface area contributed by atoms with Gasteiger partial charge in [0.1, 0.15) is 11.6 Å². The Balaban J connectivity index is 1.97. The fraction of sp³-hybridized carbons (Fsp3) is 0.167. The molecule has 0 fully saturated rings. The number of nitrogens with one attached hydrogen (secondary N) is 1. The molecular formula is C12H13N3O3. The van der Waals surface area contributed by atoms with Gasteiger partial charge >= 0.3 is 5.97 Å². The topological polar surface area (TPSA) is 101 Å². The summed E-state index contributed by atoms with van der Waals surface area (Å²) in [4.78, 5) is 14.9. The van der Waals surface area contributed by atoms with Crippen molar-refractivity contribution in [1.82, 2.24) is 4.98 Å². The van der Waals surface area contributed by atoms with Crippen molar-refractivity contribution < 1.29 is 14.3 Å². The van der Waals surface area contributed by atoms with Gasteiger partial charge in [0.15, 0.2) is 0 Å². The van der Waals surface area contributed by atoms with Gasteiger partial charge in [-0.2, -0.15) is 0 Å². The highest BCUT2D eigenvalue weighted by atomic mass is 16.4. The second kappa shape index (κ2) is 5.22. The Morgan fingerprint density at radius 3 is 3.06 bits per heavy atom. The van der Waals surface area contributed by atoms with Crippen LogP contribution in [0.25, 0.3) is 0 Å². The fourth-order valence-corrected chi connectivity index (χ4v) is 1.52. The molecule has 0 unspecified atom stereocenters. The van der Waals surface area contributed by atoms with E-state index in [9.17, 15) is 4.79 Å². The van der Waals surface area contributed by atoms with Crippen LogP contribution in [0.5, 0.6) is 0 Å². The molecule has 0 aliphatic carbocycles. The van der Waals surface area contributed by atoms with Crippen LogP contribution >= 0.6 is 0 Å². The van der Waals surface area contributed by atoms with Crippen LogP contribution in [-0.4, -0.2) is 22.6 Å². The molecule has 6 heteroatoms. The summed E-state index contributed by atoms with van der Waals surface area (Å²) >= 11 is 0. The first-order valence-electron chi connectivity index (χ1n) is 5.42.